The number of hydrogen-bond acceptors (Lipinski definition) is 6. The number of nitrogens with one attached hydrogen (secondary N) is 1. The molecule has 0 aliphatic carbocycles. The van der Waals surface area contributed by atoms with Crippen LogP contribution in [0.25, 0.3) is 0 Å². The summed E-state index contributed by atoms with van der Waals surface area (Å²) in [5, 5.41) is 13.6. The van der Waals surface area contributed by atoms with E-state index in [1.807, 2.05) is 20.8 Å². The third kappa shape index (κ3) is 7.05. The highest BCUT2D eigenvalue weighted by atomic mass is 19.1. The van der Waals surface area contributed by atoms with Gasteiger partial charge in [-0.3, -0.25) is 14.9 Å². The molecule has 2 rings (SSSR count). The third-order valence-corrected chi connectivity index (χ3v) is 2.84. The van der Waals surface area contributed by atoms with Crippen molar-refractivity contribution in [3.63, 3.8) is 0 Å². The molecule has 128 valence electrons. The predicted octanol–water partition coefficient (Wildman–Crippen LogP) is 2.43. The summed E-state index contributed by atoms with van der Waals surface area (Å²) >= 11 is 0. The first-order chi connectivity index (χ1) is 10.7. The van der Waals surface area contributed by atoms with Gasteiger partial charge in [-0.15, -0.1) is 0 Å². The molecular weight excluding hydrogens is 307 g/mol. The summed E-state index contributed by atoms with van der Waals surface area (Å²) in [6.45, 7) is 7.38. The molecule has 0 unspecified atom stereocenters. The summed E-state index contributed by atoms with van der Waals surface area (Å²) < 4.78 is 23.2. The maximum Gasteiger partial charge on any atom is 0.293 e. The van der Waals surface area contributed by atoms with Crippen molar-refractivity contribution >= 4 is 12.2 Å². The Labute approximate surface area is 133 Å². The second kappa shape index (κ2) is 8.42. The fourth-order valence-electron chi connectivity index (χ4n) is 1.75. The predicted molar refractivity (Wildman–Crippen MR) is 81.9 cm³/mol. The molecule has 0 spiro atoms. The van der Waals surface area contributed by atoms with E-state index in [1.165, 1.54) is 0 Å². The maximum absolute atomic E-state index is 13.3. The fourth-order valence-corrected chi connectivity index (χ4v) is 1.75. The van der Waals surface area contributed by atoms with Gasteiger partial charge < -0.3 is 14.8 Å². The standard InChI is InChI=1S/C10H11FN2O3.C5H10O2/c11-9-2-1-7(13(14)15)5-10(9)16-8-3-4-12-6-8;1-5(2,3)7-4-6/h1-2,5,8,12H,3-4,6H2;4H,1-3H3/t8-;/m1./s1. The van der Waals surface area contributed by atoms with Crippen molar-refractivity contribution in [1.82, 2.24) is 5.32 Å². The van der Waals surface area contributed by atoms with Gasteiger partial charge >= 0.3 is 0 Å². The number of carbonyl (C=O) groups is 1. The van der Waals surface area contributed by atoms with Crippen LogP contribution < -0.4 is 10.1 Å². The first kappa shape index (κ1) is 18.8. The number of ether oxygens (including phenoxy) is 2. The Kier molecular flexibility index (Phi) is 6.89. The van der Waals surface area contributed by atoms with Crippen molar-refractivity contribution in [1.29, 1.82) is 0 Å². The second-order valence-corrected chi connectivity index (χ2v) is 5.93. The van der Waals surface area contributed by atoms with Crippen LogP contribution >= 0.6 is 0 Å². The van der Waals surface area contributed by atoms with Gasteiger partial charge in [0.15, 0.2) is 11.6 Å². The monoisotopic (exact) mass is 328 g/mol. The Bertz CT molecular complexity index is 539. The molecule has 1 N–H and O–H groups in total. The Morgan fingerprint density at radius 1 is 1.43 bits per heavy atom. The summed E-state index contributed by atoms with van der Waals surface area (Å²) in [6.07, 6.45) is 0.666. The summed E-state index contributed by atoms with van der Waals surface area (Å²) in [5.74, 6) is -0.625. The molecule has 1 heterocycles. The van der Waals surface area contributed by atoms with Gasteiger partial charge in [-0.05, 0) is 39.8 Å². The van der Waals surface area contributed by atoms with E-state index in [0.29, 0.717) is 13.0 Å². The van der Waals surface area contributed by atoms with Crippen molar-refractivity contribution < 1.29 is 23.6 Å². The number of nitrogens with zero attached hydrogens (tertiary/aromatic N) is 1. The average Bonchev–Trinajstić information content (AvgIpc) is 2.93. The number of hydrogen-bond donors (Lipinski definition) is 1. The van der Waals surface area contributed by atoms with E-state index in [-0.39, 0.29) is 23.1 Å². The lowest BCUT2D eigenvalue weighted by Gasteiger charge is -2.14. The molecule has 1 aromatic carbocycles. The highest BCUT2D eigenvalue weighted by molar-refractivity contribution is 5.39. The van der Waals surface area contributed by atoms with Gasteiger partial charge in [0.1, 0.15) is 11.7 Å². The number of halogens is 1. The molecule has 0 radical (unpaired) electrons. The second-order valence-electron chi connectivity index (χ2n) is 5.93. The van der Waals surface area contributed by atoms with Gasteiger partial charge in [0.05, 0.1) is 11.0 Å². The first-order valence-electron chi connectivity index (χ1n) is 7.15. The van der Waals surface area contributed by atoms with Crippen LogP contribution in [0, 0.1) is 15.9 Å². The lowest BCUT2D eigenvalue weighted by atomic mass is 10.2. The van der Waals surface area contributed by atoms with Gasteiger partial charge in [0.25, 0.3) is 12.2 Å². The fraction of sp³-hybridized carbons (Fsp3) is 0.533. The zero-order chi connectivity index (χ0) is 17.5. The van der Waals surface area contributed by atoms with E-state index < -0.39 is 10.7 Å². The molecule has 1 saturated heterocycles. The number of carbonyl (C=O) groups excluding carboxylic acids is 1. The van der Waals surface area contributed by atoms with E-state index >= 15 is 0 Å². The minimum Gasteiger partial charge on any atom is -0.486 e. The molecule has 1 aliphatic heterocycles. The number of nitro groups is 1. The molecular formula is C15H21FN2O5. The third-order valence-electron chi connectivity index (χ3n) is 2.84. The van der Waals surface area contributed by atoms with Crippen molar-refractivity contribution in [2.24, 2.45) is 0 Å². The van der Waals surface area contributed by atoms with Gasteiger partial charge in [-0.1, -0.05) is 0 Å². The molecule has 0 aromatic heterocycles. The molecule has 1 aliphatic rings. The SMILES string of the molecule is CC(C)(C)OC=O.O=[N+]([O-])c1ccc(F)c(O[C@@H]2CCNC2)c1. The van der Waals surface area contributed by atoms with E-state index in [1.54, 1.807) is 0 Å². The van der Waals surface area contributed by atoms with Gasteiger partial charge in [-0.25, -0.2) is 4.39 Å². The first-order valence-corrected chi connectivity index (χ1v) is 7.15. The van der Waals surface area contributed by atoms with Crippen molar-refractivity contribution in [2.45, 2.75) is 38.9 Å². The molecule has 1 fully saturated rings. The average molecular weight is 328 g/mol. The van der Waals surface area contributed by atoms with E-state index in [9.17, 15) is 19.3 Å². The zero-order valence-electron chi connectivity index (χ0n) is 13.4. The Balaban J connectivity index is 0.000000322. The number of rotatable bonds is 4. The molecule has 0 amide bonds. The highest BCUT2D eigenvalue weighted by Crippen LogP contribution is 2.25. The van der Waals surface area contributed by atoms with Gasteiger partial charge in [-0.2, -0.15) is 0 Å². The Morgan fingerprint density at radius 3 is 2.57 bits per heavy atom. The van der Waals surface area contributed by atoms with Gasteiger partial charge in [0, 0.05) is 12.6 Å². The molecule has 1 aromatic rings. The molecule has 8 heteroatoms. The highest BCUT2D eigenvalue weighted by Gasteiger charge is 2.19. The molecule has 0 bridgehead atoms. The smallest absolute Gasteiger partial charge is 0.293 e. The van der Waals surface area contributed by atoms with Crippen LogP contribution in [0.2, 0.25) is 0 Å². The Morgan fingerprint density at radius 2 is 2.13 bits per heavy atom. The number of benzene rings is 1. The van der Waals surface area contributed by atoms with Crippen LogP contribution in [0.3, 0.4) is 0 Å². The normalized spacial score (nSPS) is 17.0. The Hall–Kier alpha value is -2.22. The summed E-state index contributed by atoms with van der Waals surface area (Å²) in [7, 11) is 0. The summed E-state index contributed by atoms with van der Waals surface area (Å²) in [6, 6.07) is 3.29. The minimum absolute atomic E-state index is 0.0529. The maximum atomic E-state index is 13.3. The van der Waals surface area contributed by atoms with Crippen LogP contribution in [0.4, 0.5) is 10.1 Å². The quantitative estimate of drug-likeness (QED) is 0.518. The van der Waals surface area contributed by atoms with Crippen LogP contribution in [-0.4, -0.2) is 36.2 Å². The summed E-state index contributed by atoms with van der Waals surface area (Å²) in [4.78, 5) is 19.5. The van der Waals surface area contributed by atoms with Crippen LogP contribution in [-0.2, 0) is 9.53 Å². The lowest BCUT2D eigenvalue weighted by molar-refractivity contribution is -0.385. The van der Waals surface area contributed by atoms with Crippen LogP contribution in [0.5, 0.6) is 5.75 Å². The van der Waals surface area contributed by atoms with E-state index in [2.05, 4.69) is 10.1 Å². The number of nitro benzene ring substituents is 1. The lowest BCUT2D eigenvalue weighted by Crippen LogP contribution is -2.20. The van der Waals surface area contributed by atoms with Crippen molar-refractivity contribution in [2.75, 3.05) is 13.1 Å². The van der Waals surface area contributed by atoms with Crippen molar-refractivity contribution in [3.8, 4) is 5.75 Å². The number of non-ortho nitro benzene ring substituents is 1. The largest absolute Gasteiger partial charge is 0.486 e. The molecule has 7 nitrogen and oxygen atoms in total. The van der Waals surface area contributed by atoms with Crippen LogP contribution in [0.1, 0.15) is 27.2 Å². The zero-order valence-corrected chi connectivity index (χ0v) is 13.4. The summed E-state index contributed by atoms with van der Waals surface area (Å²) in [5.41, 5.74) is -0.482. The van der Waals surface area contributed by atoms with E-state index in [0.717, 1.165) is 31.2 Å². The van der Waals surface area contributed by atoms with Gasteiger partial charge in [0.2, 0.25) is 0 Å². The molecule has 1 atom stereocenters. The van der Waals surface area contributed by atoms with E-state index in [4.69, 9.17) is 4.74 Å². The molecule has 23 heavy (non-hydrogen) atoms. The molecule has 0 saturated carbocycles. The van der Waals surface area contributed by atoms with Crippen molar-refractivity contribution in [3.05, 3.63) is 34.1 Å². The topological polar surface area (TPSA) is 90.7 Å². The minimum atomic E-state index is -0.572. The van der Waals surface area contributed by atoms with Crippen LogP contribution in [0.15, 0.2) is 18.2 Å².